The summed E-state index contributed by atoms with van der Waals surface area (Å²) < 4.78 is 5.02. The SMILES string of the molecule is COc1ccc(/C=C(\C#N)C(N)C(C#N)C#N)cc1. The number of rotatable bonds is 4. The van der Waals surface area contributed by atoms with Crippen LogP contribution >= 0.6 is 0 Å². The number of hydrogen-bond acceptors (Lipinski definition) is 5. The fourth-order valence-electron chi connectivity index (χ4n) is 1.45. The summed E-state index contributed by atoms with van der Waals surface area (Å²) in [5.41, 5.74) is 6.68. The summed E-state index contributed by atoms with van der Waals surface area (Å²) in [6.45, 7) is 0. The molecule has 1 atom stereocenters. The van der Waals surface area contributed by atoms with E-state index in [9.17, 15) is 0 Å². The quantitative estimate of drug-likeness (QED) is 0.819. The van der Waals surface area contributed by atoms with Gasteiger partial charge in [-0.3, -0.25) is 0 Å². The molecule has 0 saturated heterocycles. The molecular formula is C14H12N4O. The molecule has 2 N–H and O–H groups in total. The number of methoxy groups -OCH3 is 1. The third kappa shape index (κ3) is 3.57. The minimum atomic E-state index is -1.04. The first-order valence-electron chi connectivity index (χ1n) is 5.46. The van der Waals surface area contributed by atoms with Crippen LogP contribution in [0.4, 0.5) is 0 Å². The molecule has 1 unspecified atom stereocenters. The molecule has 0 fully saturated rings. The minimum absolute atomic E-state index is 0.193. The van der Waals surface area contributed by atoms with E-state index >= 15 is 0 Å². The van der Waals surface area contributed by atoms with E-state index in [0.717, 1.165) is 5.56 Å². The molecule has 0 saturated carbocycles. The fraction of sp³-hybridized carbons (Fsp3) is 0.214. The van der Waals surface area contributed by atoms with Crippen LogP contribution in [0.25, 0.3) is 6.08 Å². The lowest BCUT2D eigenvalue weighted by Gasteiger charge is -2.10. The van der Waals surface area contributed by atoms with Gasteiger partial charge in [-0.05, 0) is 23.8 Å². The van der Waals surface area contributed by atoms with Crippen molar-refractivity contribution in [2.75, 3.05) is 7.11 Å². The highest BCUT2D eigenvalue weighted by Gasteiger charge is 2.20. The van der Waals surface area contributed by atoms with Gasteiger partial charge in [0.05, 0.1) is 31.4 Å². The maximum Gasteiger partial charge on any atom is 0.153 e. The smallest absolute Gasteiger partial charge is 0.153 e. The topological polar surface area (TPSA) is 107 Å². The summed E-state index contributed by atoms with van der Waals surface area (Å²) in [4.78, 5) is 0. The molecule has 0 amide bonds. The van der Waals surface area contributed by atoms with Gasteiger partial charge < -0.3 is 10.5 Å². The van der Waals surface area contributed by atoms with Crippen LogP contribution in [-0.2, 0) is 0 Å². The Labute approximate surface area is 111 Å². The first-order valence-corrected chi connectivity index (χ1v) is 5.46. The van der Waals surface area contributed by atoms with Gasteiger partial charge in [-0.1, -0.05) is 12.1 Å². The van der Waals surface area contributed by atoms with Gasteiger partial charge in [0, 0.05) is 5.57 Å². The van der Waals surface area contributed by atoms with Crippen LogP contribution in [0.5, 0.6) is 5.75 Å². The van der Waals surface area contributed by atoms with E-state index in [4.69, 9.17) is 26.3 Å². The van der Waals surface area contributed by atoms with Crippen LogP contribution < -0.4 is 10.5 Å². The Bertz CT molecular complexity index is 570. The molecule has 1 aromatic rings. The number of benzene rings is 1. The summed E-state index contributed by atoms with van der Waals surface area (Å²) in [5.74, 6) is -0.337. The predicted octanol–water partition coefficient (Wildman–Crippen LogP) is 1.59. The Kier molecular flexibility index (Phi) is 5.11. The van der Waals surface area contributed by atoms with Crippen molar-refractivity contribution in [2.24, 2.45) is 11.7 Å². The lowest BCUT2D eigenvalue weighted by Crippen LogP contribution is -2.29. The van der Waals surface area contributed by atoms with Crippen LogP contribution in [-0.4, -0.2) is 13.2 Å². The van der Waals surface area contributed by atoms with E-state index in [2.05, 4.69) is 0 Å². The van der Waals surface area contributed by atoms with E-state index in [1.165, 1.54) is 0 Å². The molecule has 0 bridgehead atoms. The zero-order valence-corrected chi connectivity index (χ0v) is 10.4. The second kappa shape index (κ2) is 6.81. The molecule has 19 heavy (non-hydrogen) atoms. The number of ether oxygens (including phenoxy) is 1. The van der Waals surface area contributed by atoms with Gasteiger partial charge in [0.2, 0.25) is 0 Å². The molecule has 5 nitrogen and oxygen atoms in total. The van der Waals surface area contributed by atoms with Crippen molar-refractivity contribution < 1.29 is 4.74 Å². The Morgan fingerprint density at radius 2 is 1.79 bits per heavy atom. The molecule has 5 heteroatoms. The molecule has 1 aromatic carbocycles. The summed E-state index contributed by atoms with van der Waals surface area (Å²) in [6, 6.07) is 11.6. The van der Waals surface area contributed by atoms with E-state index in [1.54, 1.807) is 49.6 Å². The van der Waals surface area contributed by atoms with Crippen LogP contribution in [0.2, 0.25) is 0 Å². The van der Waals surface area contributed by atoms with Crippen molar-refractivity contribution in [3.05, 3.63) is 35.4 Å². The molecule has 0 aromatic heterocycles. The zero-order valence-electron chi connectivity index (χ0n) is 10.4. The van der Waals surface area contributed by atoms with Crippen molar-refractivity contribution in [3.63, 3.8) is 0 Å². The Morgan fingerprint density at radius 3 is 2.21 bits per heavy atom. The van der Waals surface area contributed by atoms with Gasteiger partial charge >= 0.3 is 0 Å². The average Bonchev–Trinajstić information content (AvgIpc) is 2.46. The first-order chi connectivity index (χ1) is 9.15. The summed E-state index contributed by atoms with van der Waals surface area (Å²) in [7, 11) is 1.56. The predicted molar refractivity (Wildman–Crippen MR) is 69.3 cm³/mol. The highest BCUT2D eigenvalue weighted by Crippen LogP contribution is 2.16. The monoisotopic (exact) mass is 252 g/mol. The maximum atomic E-state index is 9.06. The van der Waals surface area contributed by atoms with Crippen molar-refractivity contribution >= 4 is 6.08 Å². The first kappa shape index (κ1) is 14.3. The van der Waals surface area contributed by atoms with Gasteiger partial charge in [0.15, 0.2) is 5.92 Å². The number of hydrogen-bond donors (Lipinski definition) is 1. The minimum Gasteiger partial charge on any atom is -0.497 e. The summed E-state index contributed by atoms with van der Waals surface area (Å²) >= 11 is 0. The molecule has 0 aliphatic rings. The standard InChI is InChI=1S/C14H12N4O/c1-19-13-4-2-10(3-5-13)6-11(7-15)14(18)12(8-16)9-17/h2-6,12,14H,18H2,1H3/b11-6+. The second-order valence-electron chi connectivity index (χ2n) is 3.75. The maximum absolute atomic E-state index is 9.06. The third-order valence-corrected chi connectivity index (χ3v) is 2.56. The third-order valence-electron chi connectivity index (χ3n) is 2.56. The molecule has 0 heterocycles. The van der Waals surface area contributed by atoms with Gasteiger partial charge in [0.25, 0.3) is 0 Å². The van der Waals surface area contributed by atoms with Gasteiger partial charge in [-0.2, -0.15) is 15.8 Å². The van der Waals surface area contributed by atoms with Crippen molar-refractivity contribution in [1.29, 1.82) is 15.8 Å². The highest BCUT2D eigenvalue weighted by molar-refractivity contribution is 5.59. The normalized spacial score (nSPS) is 12.1. The molecule has 94 valence electrons. The Morgan fingerprint density at radius 1 is 1.21 bits per heavy atom. The van der Waals surface area contributed by atoms with Gasteiger partial charge in [0.1, 0.15) is 5.75 Å². The lowest BCUT2D eigenvalue weighted by atomic mass is 9.95. The van der Waals surface area contributed by atoms with Gasteiger partial charge in [-0.25, -0.2) is 0 Å². The molecule has 0 radical (unpaired) electrons. The van der Waals surface area contributed by atoms with Crippen molar-refractivity contribution in [2.45, 2.75) is 6.04 Å². The largest absolute Gasteiger partial charge is 0.497 e. The lowest BCUT2D eigenvalue weighted by molar-refractivity contribution is 0.415. The number of nitriles is 3. The Balaban J connectivity index is 3.03. The molecular weight excluding hydrogens is 240 g/mol. The molecule has 0 aliphatic heterocycles. The number of nitrogens with zero attached hydrogens (tertiary/aromatic N) is 3. The fourth-order valence-corrected chi connectivity index (χ4v) is 1.45. The summed E-state index contributed by atoms with van der Waals surface area (Å²) in [6.07, 6.45) is 1.56. The van der Waals surface area contributed by atoms with Gasteiger partial charge in [-0.15, -0.1) is 0 Å². The van der Waals surface area contributed by atoms with E-state index in [-0.39, 0.29) is 5.57 Å². The summed E-state index contributed by atoms with van der Waals surface area (Å²) in [5, 5.41) is 26.6. The van der Waals surface area contributed by atoms with Crippen LogP contribution in [0, 0.1) is 39.9 Å². The second-order valence-corrected chi connectivity index (χ2v) is 3.75. The molecule has 0 aliphatic carbocycles. The van der Waals surface area contributed by atoms with Crippen LogP contribution in [0.1, 0.15) is 5.56 Å². The van der Waals surface area contributed by atoms with Crippen LogP contribution in [0.15, 0.2) is 29.8 Å². The molecule has 1 rings (SSSR count). The van der Waals surface area contributed by atoms with Crippen LogP contribution in [0.3, 0.4) is 0 Å². The van der Waals surface area contributed by atoms with E-state index in [1.807, 2.05) is 6.07 Å². The number of nitrogens with two attached hydrogens (primary N) is 1. The highest BCUT2D eigenvalue weighted by atomic mass is 16.5. The van der Waals surface area contributed by atoms with E-state index in [0.29, 0.717) is 5.75 Å². The zero-order chi connectivity index (χ0) is 14.3. The van der Waals surface area contributed by atoms with Crippen molar-refractivity contribution in [3.8, 4) is 24.0 Å². The Hall–Kier alpha value is -2.81. The average molecular weight is 252 g/mol. The van der Waals surface area contributed by atoms with Crippen molar-refractivity contribution in [1.82, 2.24) is 0 Å². The molecule has 0 spiro atoms. The van der Waals surface area contributed by atoms with E-state index < -0.39 is 12.0 Å².